The fourth-order valence-electron chi connectivity index (χ4n) is 2.10. The predicted octanol–water partition coefficient (Wildman–Crippen LogP) is 1.04. The molecule has 106 valence electrons. The molecule has 2 rings (SSSR count). The Kier molecular flexibility index (Phi) is 4.05. The number of benzene rings is 1. The molecule has 0 amide bonds. The highest BCUT2D eigenvalue weighted by Gasteiger charge is 2.14. The van der Waals surface area contributed by atoms with Gasteiger partial charge >= 0.3 is 11.7 Å². The van der Waals surface area contributed by atoms with Crippen LogP contribution in [0.2, 0.25) is 0 Å². The van der Waals surface area contributed by atoms with Gasteiger partial charge in [-0.15, -0.1) is 0 Å². The minimum atomic E-state index is -0.880. The van der Waals surface area contributed by atoms with Gasteiger partial charge in [0.2, 0.25) is 0 Å². The van der Waals surface area contributed by atoms with Gasteiger partial charge in [-0.3, -0.25) is 9.36 Å². The molecule has 6 heteroatoms. The third-order valence-electron chi connectivity index (χ3n) is 3.21. The molecule has 20 heavy (non-hydrogen) atoms. The number of hydrogen-bond donors (Lipinski definition) is 2. The van der Waals surface area contributed by atoms with Crippen molar-refractivity contribution in [3.8, 4) is 5.69 Å². The number of aromatic nitrogens is 2. The van der Waals surface area contributed by atoms with Crippen LogP contribution in [-0.4, -0.2) is 20.2 Å². The SMILES string of the molecule is Cn1ccn(-c2ccccc2C(N)CCC(=O)O)c1=O. The molecular formula is C14H17N3O3. The van der Waals surface area contributed by atoms with Crippen molar-refractivity contribution in [2.75, 3.05) is 0 Å². The summed E-state index contributed by atoms with van der Waals surface area (Å²) < 4.78 is 2.98. The topological polar surface area (TPSA) is 90.2 Å². The predicted molar refractivity (Wildman–Crippen MR) is 74.8 cm³/mol. The lowest BCUT2D eigenvalue weighted by Crippen LogP contribution is -2.23. The van der Waals surface area contributed by atoms with Crippen molar-refractivity contribution in [3.63, 3.8) is 0 Å². The van der Waals surface area contributed by atoms with Crippen molar-refractivity contribution >= 4 is 5.97 Å². The molecule has 0 spiro atoms. The number of carboxylic acid groups (broad SMARTS) is 1. The molecule has 2 aromatic rings. The number of nitrogens with zero attached hydrogens (tertiary/aromatic N) is 2. The van der Waals surface area contributed by atoms with E-state index in [9.17, 15) is 9.59 Å². The molecule has 0 fully saturated rings. The molecule has 1 heterocycles. The quantitative estimate of drug-likeness (QED) is 0.853. The van der Waals surface area contributed by atoms with E-state index in [1.54, 1.807) is 25.5 Å². The summed E-state index contributed by atoms with van der Waals surface area (Å²) in [7, 11) is 1.67. The number of carboxylic acids is 1. The summed E-state index contributed by atoms with van der Waals surface area (Å²) in [5, 5.41) is 8.73. The molecule has 3 N–H and O–H groups in total. The minimum Gasteiger partial charge on any atom is -0.481 e. The lowest BCUT2D eigenvalue weighted by Gasteiger charge is -2.15. The molecule has 0 aliphatic carbocycles. The number of para-hydroxylation sites is 1. The van der Waals surface area contributed by atoms with Crippen LogP contribution in [0.5, 0.6) is 0 Å². The molecule has 0 aliphatic heterocycles. The number of hydrogen-bond acceptors (Lipinski definition) is 3. The Balaban J connectivity index is 2.38. The number of aryl methyl sites for hydroxylation is 1. The van der Waals surface area contributed by atoms with Crippen molar-refractivity contribution < 1.29 is 9.90 Å². The van der Waals surface area contributed by atoms with Crippen molar-refractivity contribution in [1.82, 2.24) is 9.13 Å². The summed E-state index contributed by atoms with van der Waals surface area (Å²) in [5.74, 6) is -0.880. The summed E-state index contributed by atoms with van der Waals surface area (Å²) in [6.45, 7) is 0. The molecule has 0 radical (unpaired) electrons. The van der Waals surface area contributed by atoms with Gasteiger partial charge in [-0.25, -0.2) is 4.79 Å². The maximum atomic E-state index is 12.0. The Bertz CT molecular complexity index is 672. The van der Waals surface area contributed by atoms with Crippen molar-refractivity contribution in [2.24, 2.45) is 12.8 Å². The van der Waals surface area contributed by atoms with Crippen LogP contribution in [0.15, 0.2) is 41.5 Å². The van der Waals surface area contributed by atoms with Crippen LogP contribution in [0.25, 0.3) is 5.69 Å². The monoisotopic (exact) mass is 275 g/mol. The Morgan fingerprint density at radius 1 is 1.35 bits per heavy atom. The molecule has 0 saturated carbocycles. The van der Waals surface area contributed by atoms with Gasteiger partial charge in [0.05, 0.1) is 5.69 Å². The van der Waals surface area contributed by atoms with Gasteiger partial charge in [0.25, 0.3) is 0 Å². The molecule has 0 aliphatic rings. The third kappa shape index (κ3) is 2.80. The second kappa shape index (κ2) is 5.75. The lowest BCUT2D eigenvalue weighted by atomic mass is 10.0. The average molecular weight is 275 g/mol. The molecule has 6 nitrogen and oxygen atoms in total. The Morgan fingerprint density at radius 3 is 2.65 bits per heavy atom. The first-order chi connectivity index (χ1) is 9.50. The molecule has 1 aromatic heterocycles. The number of imidazole rings is 1. The zero-order chi connectivity index (χ0) is 14.7. The first kappa shape index (κ1) is 14.1. The summed E-state index contributed by atoms with van der Waals surface area (Å²) in [5.41, 5.74) is 7.35. The van der Waals surface area contributed by atoms with E-state index in [-0.39, 0.29) is 12.1 Å². The normalized spacial score (nSPS) is 12.3. The van der Waals surface area contributed by atoms with E-state index in [0.717, 1.165) is 5.56 Å². The molecule has 0 bridgehead atoms. The van der Waals surface area contributed by atoms with Gasteiger partial charge in [-0.1, -0.05) is 18.2 Å². The Hall–Kier alpha value is -2.34. The highest BCUT2D eigenvalue weighted by molar-refractivity contribution is 5.66. The van der Waals surface area contributed by atoms with Gasteiger partial charge in [-0.2, -0.15) is 0 Å². The molecule has 1 unspecified atom stereocenters. The van der Waals surface area contributed by atoms with Gasteiger partial charge in [-0.05, 0) is 18.1 Å². The van der Waals surface area contributed by atoms with Crippen LogP contribution in [-0.2, 0) is 11.8 Å². The second-order valence-corrected chi connectivity index (χ2v) is 4.66. The van der Waals surface area contributed by atoms with E-state index in [1.807, 2.05) is 18.2 Å². The summed E-state index contributed by atoms with van der Waals surface area (Å²) in [6.07, 6.45) is 3.67. The van der Waals surface area contributed by atoms with Crippen LogP contribution < -0.4 is 11.4 Å². The second-order valence-electron chi connectivity index (χ2n) is 4.66. The van der Waals surface area contributed by atoms with E-state index in [1.165, 1.54) is 9.13 Å². The van der Waals surface area contributed by atoms with E-state index in [4.69, 9.17) is 10.8 Å². The fraction of sp³-hybridized carbons (Fsp3) is 0.286. The van der Waals surface area contributed by atoms with Gasteiger partial charge in [0.1, 0.15) is 0 Å². The number of rotatable bonds is 5. The third-order valence-corrected chi connectivity index (χ3v) is 3.21. The fourth-order valence-corrected chi connectivity index (χ4v) is 2.10. The highest BCUT2D eigenvalue weighted by Crippen LogP contribution is 2.22. The zero-order valence-electron chi connectivity index (χ0n) is 11.2. The molecule has 1 aromatic carbocycles. The van der Waals surface area contributed by atoms with E-state index in [2.05, 4.69) is 0 Å². The van der Waals surface area contributed by atoms with Gasteiger partial charge in [0.15, 0.2) is 0 Å². The minimum absolute atomic E-state index is 0.000804. The largest absolute Gasteiger partial charge is 0.481 e. The molecular weight excluding hydrogens is 258 g/mol. The maximum absolute atomic E-state index is 12.0. The Labute approximate surface area is 116 Å². The van der Waals surface area contributed by atoms with Crippen LogP contribution >= 0.6 is 0 Å². The van der Waals surface area contributed by atoms with Crippen molar-refractivity contribution in [3.05, 3.63) is 52.7 Å². The van der Waals surface area contributed by atoms with Crippen molar-refractivity contribution in [2.45, 2.75) is 18.9 Å². The van der Waals surface area contributed by atoms with E-state index in [0.29, 0.717) is 12.1 Å². The van der Waals surface area contributed by atoms with Crippen LogP contribution in [0.4, 0.5) is 0 Å². The maximum Gasteiger partial charge on any atom is 0.332 e. The van der Waals surface area contributed by atoms with Crippen LogP contribution in [0.1, 0.15) is 24.4 Å². The Morgan fingerprint density at radius 2 is 2.05 bits per heavy atom. The first-order valence-corrected chi connectivity index (χ1v) is 6.31. The van der Waals surface area contributed by atoms with Crippen LogP contribution in [0, 0.1) is 0 Å². The number of carbonyl (C=O) groups is 1. The smallest absolute Gasteiger partial charge is 0.332 e. The standard InChI is InChI=1S/C14H17N3O3/c1-16-8-9-17(14(16)20)12-5-3-2-4-10(12)11(15)6-7-13(18)19/h2-5,8-9,11H,6-7,15H2,1H3,(H,18,19). The first-order valence-electron chi connectivity index (χ1n) is 6.31. The summed E-state index contributed by atoms with van der Waals surface area (Å²) in [4.78, 5) is 22.6. The number of nitrogens with two attached hydrogens (primary N) is 1. The molecule has 1 atom stereocenters. The van der Waals surface area contributed by atoms with E-state index >= 15 is 0 Å². The number of aliphatic carboxylic acids is 1. The van der Waals surface area contributed by atoms with E-state index < -0.39 is 12.0 Å². The van der Waals surface area contributed by atoms with Gasteiger partial charge in [0, 0.05) is 31.9 Å². The zero-order valence-corrected chi connectivity index (χ0v) is 11.2. The average Bonchev–Trinajstić information content (AvgIpc) is 2.76. The molecule has 0 saturated heterocycles. The summed E-state index contributed by atoms with van der Waals surface area (Å²) >= 11 is 0. The summed E-state index contributed by atoms with van der Waals surface area (Å²) in [6, 6.07) is 6.85. The lowest BCUT2D eigenvalue weighted by molar-refractivity contribution is -0.137. The van der Waals surface area contributed by atoms with Gasteiger partial charge < -0.3 is 15.4 Å². The van der Waals surface area contributed by atoms with Crippen LogP contribution in [0.3, 0.4) is 0 Å². The highest BCUT2D eigenvalue weighted by atomic mass is 16.4. The van der Waals surface area contributed by atoms with Crippen molar-refractivity contribution in [1.29, 1.82) is 0 Å².